The second-order valence-electron chi connectivity index (χ2n) is 5.93. The van der Waals surface area contributed by atoms with Gasteiger partial charge in [0, 0.05) is 29.6 Å². The summed E-state index contributed by atoms with van der Waals surface area (Å²) in [6.07, 6.45) is 5.70. The Bertz CT molecular complexity index is 518. The zero-order chi connectivity index (χ0) is 14.8. The van der Waals surface area contributed by atoms with Gasteiger partial charge in [-0.1, -0.05) is 30.5 Å². The summed E-state index contributed by atoms with van der Waals surface area (Å²) in [5, 5.41) is 0.492. The summed E-state index contributed by atoms with van der Waals surface area (Å²) < 4.78 is 13.9. The van der Waals surface area contributed by atoms with Gasteiger partial charge in [-0.2, -0.15) is 0 Å². The number of hydrogen-bond acceptors (Lipinski definition) is 1. The molecule has 1 saturated heterocycles. The molecule has 0 amide bonds. The summed E-state index contributed by atoms with van der Waals surface area (Å²) in [4.78, 5) is 6.75. The van der Waals surface area contributed by atoms with Crippen molar-refractivity contribution in [3.63, 3.8) is 0 Å². The lowest BCUT2D eigenvalue weighted by Gasteiger charge is -2.21. The van der Waals surface area contributed by atoms with Crippen LogP contribution in [0.4, 0.5) is 4.39 Å². The van der Waals surface area contributed by atoms with Gasteiger partial charge in [-0.25, -0.2) is 9.38 Å². The second-order valence-corrected chi connectivity index (χ2v) is 6.34. The summed E-state index contributed by atoms with van der Waals surface area (Å²) in [5.74, 6) is 0.444. The number of nitrogens with two attached hydrogens (primary N) is 1. The van der Waals surface area contributed by atoms with Gasteiger partial charge < -0.3 is 10.6 Å². The van der Waals surface area contributed by atoms with Crippen molar-refractivity contribution in [1.29, 1.82) is 0 Å². The van der Waals surface area contributed by atoms with Crippen molar-refractivity contribution in [2.75, 3.05) is 13.1 Å². The zero-order valence-corrected chi connectivity index (χ0v) is 12.8. The molecule has 0 aromatic heterocycles. The number of benzene rings is 1. The topological polar surface area (TPSA) is 41.6 Å². The van der Waals surface area contributed by atoms with E-state index in [9.17, 15) is 4.39 Å². The largest absolute Gasteiger partial charge is 0.370 e. The highest BCUT2D eigenvalue weighted by molar-refractivity contribution is 6.31. The van der Waals surface area contributed by atoms with Crippen molar-refractivity contribution in [2.24, 2.45) is 10.7 Å². The van der Waals surface area contributed by atoms with E-state index >= 15 is 0 Å². The molecule has 1 saturated carbocycles. The van der Waals surface area contributed by atoms with Crippen molar-refractivity contribution in [1.82, 2.24) is 4.90 Å². The Hall–Kier alpha value is -1.29. The van der Waals surface area contributed by atoms with E-state index in [2.05, 4.69) is 9.89 Å². The smallest absolute Gasteiger partial charge is 0.191 e. The van der Waals surface area contributed by atoms with E-state index in [1.165, 1.54) is 31.7 Å². The van der Waals surface area contributed by atoms with Gasteiger partial charge in [-0.3, -0.25) is 0 Å². The Labute approximate surface area is 130 Å². The SMILES string of the molecule is NC(=NC1CC1c1c(F)cccc1Cl)N1CCCCCC1. The fourth-order valence-electron chi connectivity index (χ4n) is 3.05. The highest BCUT2D eigenvalue weighted by Crippen LogP contribution is 2.47. The van der Waals surface area contributed by atoms with Crippen molar-refractivity contribution in [3.8, 4) is 0 Å². The molecule has 3 nitrogen and oxygen atoms in total. The molecule has 2 unspecified atom stereocenters. The minimum atomic E-state index is -0.237. The van der Waals surface area contributed by atoms with Crippen LogP contribution in [0.3, 0.4) is 0 Å². The van der Waals surface area contributed by atoms with Gasteiger partial charge in [-0.05, 0) is 31.4 Å². The molecule has 2 aliphatic rings. The molecule has 1 aromatic rings. The summed E-state index contributed by atoms with van der Waals surface area (Å²) in [6, 6.07) is 4.89. The maximum Gasteiger partial charge on any atom is 0.191 e. The molecule has 0 spiro atoms. The van der Waals surface area contributed by atoms with Gasteiger partial charge in [0.15, 0.2) is 5.96 Å². The molecule has 3 rings (SSSR count). The number of rotatable bonds is 2. The molecule has 0 bridgehead atoms. The van der Waals surface area contributed by atoms with Crippen LogP contribution in [0.5, 0.6) is 0 Å². The minimum Gasteiger partial charge on any atom is -0.370 e. The van der Waals surface area contributed by atoms with Crippen molar-refractivity contribution >= 4 is 17.6 Å². The molecule has 0 radical (unpaired) electrons. The number of likely N-dealkylation sites (tertiary alicyclic amines) is 1. The average molecular weight is 310 g/mol. The fraction of sp³-hybridized carbons (Fsp3) is 0.562. The predicted molar refractivity (Wildman–Crippen MR) is 84.2 cm³/mol. The van der Waals surface area contributed by atoms with Gasteiger partial charge in [-0.15, -0.1) is 0 Å². The van der Waals surface area contributed by atoms with Gasteiger partial charge in [0.05, 0.1) is 6.04 Å². The van der Waals surface area contributed by atoms with Crippen LogP contribution in [0.25, 0.3) is 0 Å². The highest BCUT2D eigenvalue weighted by Gasteiger charge is 2.41. The van der Waals surface area contributed by atoms with Crippen LogP contribution in [0.15, 0.2) is 23.2 Å². The van der Waals surface area contributed by atoms with Crippen LogP contribution in [0.2, 0.25) is 5.02 Å². The summed E-state index contributed by atoms with van der Waals surface area (Å²) in [7, 11) is 0. The molecule has 1 aliphatic heterocycles. The van der Waals surface area contributed by atoms with Crippen LogP contribution in [-0.2, 0) is 0 Å². The Morgan fingerprint density at radius 2 is 1.95 bits per heavy atom. The van der Waals surface area contributed by atoms with E-state index in [1.807, 2.05) is 0 Å². The zero-order valence-electron chi connectivity index (χ0n) is 12.1. The van der Waals surface area contributed by atoms with Crippen LogP contribution in [-0.4, -0.2) is 30.0 Å². The van der Waals surface area contributed by atoms with Crippen LogP contribution >= 0.6 is 11.6 Å². The maximum absolute atomic E-state index is 13.9. The Kier molecular flexibility index (Phi) is 4.34. The monoisotopic (exact) mass is 309 g/mol. The van der Waals surface area contributed by atoms with E-state index in [0.717, 1.165) is 19.5 Å². The standard InChI is InChI=1S/C16H21ClFN3/c17-12-6-5-7-13(18)15(12)11-10-14(11)20-16(19)21-8-3-1-2-4-9-21/h5-7,11,14H,1-4,8-10H2,(H2,19,20). The molecule has 1 aromatic carbocycles. The third-order valence-electron chi connectivity index (χ3n) is 4.36. The lowest BCUT2D eigenvalue weighted by Crippen LogP contribution is -2.38. The average Bonchev–Trinajstić information content (AvgIpc) is 3.22. The van der Waals surface area contributed by atoms with Gasteiger partial charge in [0.2, 0.25) is 0 Å². The molecule has 2 atom stereocenters. The number of hydrogen-bond donors (Lipinski definition) is 1. The molecule has 1 heterocycles. The van der Waals surface area contributed by atoms with E-state index < -0.39 is 0 Å². The molecular weight excluding hydrogens is 289 g/mol. The molecule has 21 heavy (non-hydrogen) atoms. The van der Waals surface area contributed by atoms with Crippen LogP contribution in [0.1, 0.15) is 43.6 Å². The highest BCUT2D eigenvalue weighted by atomic mass is 35.5. The second kappa shape index (κ2) is 6.22. The van der Waals surface area contributed by atoms with E-state index in [0.29, 0.717) is 16.5 Å². The Morgan fingerprint density at radius 1 is 1.24 bits per heavy atom. The molecule has 1 aliphatic carbocycles. The van der Waals surface area contributed by atoms with Crippen molar-refractivity contribution in [2.45, 2.75) is 44.1 Å². The van der Waals surface area contributed by atoms with Gasteiger partial charge >= 0.3 is 0 Å². The molecule has 5 heteroatoms. The number of guanidine groups is 1. The fourth-order valence-corrected chi connectivity index (χ4v) is 3.35. The third kappa shape index (κ3) is 3.31. The van der Waals surface area contributed by atoms with E-state index in [-0.39, 0.29) is 17.8 Å². The molecule has 114 valence electrons. The summed E-state index contributed by atoms with van der Waals surface area (Å²) in [6.45, 7) is 1.96. The van der Waals surface area contributed by atoms with Gasteiger partial charge in [0.25, 0.3) is 0 Å². The normalized spacial score (nSPS) is 26.6. The summed E-state index contributed by atoms with van der Waals surface area (Å²) >= 11 is 6.11. The number of nitrogens with zero attached hydrogens (tertiary/aromatic N) is 2. The molecule has 2 N–H and O–H groups in total. The maximum atomic E-state index is 13.9. The quantitative estimate of drug-likeness (QED) is 0.671. The van der Waals surface area contributed by atoms with E-state index in [1.54, 1.807) is 12.1 Å². The first-order valence-corrected chi connectivity index (χ1v) is 8.06. The van der Waals surface area contributed by atoms with Crippen molar-refractivity contribution < 1.29 is 4.39 Å². The molecule has 2 fully saturated rings. The van der Waals surface area contributed by atoms with E-state index in [4.69, 9.17) is 17.3 Å². The minimum absolute atomic E-state index is 0.0719. The van der Waals surface area contributed by atoms with Crippen molar-refractivity contribution in [3.05, 3.63) is 34.6 Å². The first kappa shape index (κ1) is 14.6. The molecular formula is C16H21ClFN3. The number of aliphatic imine (C=N–C) groups is 1. The lowest BCUT2D eigenvalue weighted by molar-refractivity contribution is 0.428. The number of halogens is 2. The first-order valence-electron chi connectivity index (χ1n) is 7.69. The third-order valence-corrected chi connectivity index (χ3v) is 4.68. The van der Waals surface area contributed by atoms with Crippen LogP contribution in [0, 0.1) is 5.82 Å². The Morgan fingerprint density at radius 3 is 2.62 bits per heavy atom. The Balaban J connectivity index is 1.68. The lowest BCUT2D eigenvalue weighted by atomic mass is 10.1. The summed E-state index contributed by atoms with van der Waals surface area (Å²) in [5.41, 5.74) is 6.72. The predicted octanol–water partition coefficient (Wildman–Crippen LogP) is 3.53. The van der Waals surface area contributed by atoms with Gasteiger partial charge in [0.1, 0.15) is 5.82 Å². The van der Waals surface area contributed by atoms with Crippen LogP contribution < -0.4 is 5.73 Å². The first-order chi connectivity index (χ1) is 10.2.